The van der Waals surface area contributed by atoms with Crippen LogP contribution in [-0.4, -0.2) is 43.5 Å². The van der Waals surface area contributed by atoms with Gasteiger partial charge in [0, 0.05) is 23.8 Å². The van der Waals surface area contributed by atoms with Crippen LogP contribution >= 0.6 is 11.8 Å². The van der Waals surface area contributed by atoms with Crippen LogP contribution in [-0.2, 0) is 9.84 Å². The molecule has 1 unspecified atom stereocenters. The fourth-order valence-corrected chi connectivity index (χ4v) is 4.58. The molecule has 102 valence electrons. The van der Waals surface area contributed by atoms with Crippen LogP contribution in [0.4, 0.5) is 0 Å². The Morgan fingerprint density at radius 3 is 2.50 bits per heavy atom. The number of sulfone groups is 1. The third-order valence-electron chi connectivity index (χ3n) is 3.44. The molecule has 0 spiro atoms. The van der Waals surface area contributed by atoms with Crippen LogP contribution in [0.2, 0.25) is 0 Å². The van der Waals surface area contributed by atoms with Gasteiger partial charge in [0.1, 0.15) is 15.4 Å². The van der Waals surface area contributed by atoms with E-state index in [2.05, 4.69) is 11.4 Å². The fraction of sp³-hybridized carbons (Fsp3) is 0.917. The molecule has 18 heavy (non-hydrogen) atoms. The maximum atomic E-state index is 11.1. The first-order valence-corrected chi connectivity index (χ1v) is 9.61. The monoisotopic (exact) mass is 288 g/mol. The second kappa shape index (κ2) is 5.40. The van der Waals surface area contributed by atoms with E-state index in [1.165, 1.54) is 19.1 Å². The first-order valence-electron chi connectivity index (χ1n) is 6.40. The molecule has 2 rings (SSSR count). The summed E-state index contributed by atoms with van der Waals surface area (Å²) in [4.78, 5) is 0. The quantitative estimate of drug-likeness (QED) is 0.679. The molecule has 0 aliphatic heterocycles. The molecule has 6 heteroatoms. The summed E-state index contributed by atoms with van der Waals surface area (Å²) in [7, 11) is -2.89. The Bertz CT molecular complexity index is 435. The molecule has 0 amide bonds. The first-order chi connectivity index (χ1) is 8.45. The number of rotatable bonds is 8. The normalized spacial score (nSPS) is 23.3. The van der Waals surface area contributed by atoms with Gasteiger partial charge in [-0.05, 0) is 31.6 Å². The lowest BCUT2D eigenvalue weighted by atomic mass is 9.97. The van der Waals surface area contributed by atoms with Crippen LogP contribution in [0.15, 0.2) is 0 Å². The molecule has 0 aromatic rings. The summed E-state index contributed by atoms with van der Waals surface area (Å²) in [6.45, 7) is 0. The minimum atomic E-state index is -2.89. The van der Waals surface area contributed by atoms with E-state index in [4.69, 9.17) is 0 Å². The molecule has 0 saturated heterocycles. The lowest BCUT2D eigenvalue weighted by Crippen LogP contribution is -2.49. The van der Waals surface area contributed by atoms with Gasteiger partial charge in [-0.25, -0.2) is 8.42 Å². The highest BCUT2D eigenvalue weighted by atomic mass is 32.2. The highest BCUT2D eigenvalue weighted by Gasteiger charge is 2.47. The summed E-state index contributed by atoms with van der Waals surface area (Å²) in [5.41, 5.74) is -0.413. The Balaban J connectivity index is 1.83. The average molecular weight is 288 g/mol. The topological polar surface area (TPSA) is 70.0 Å². The number of nitrogens with one attached hydrogen (secondary N) is 1. The molecule has 4 nitrogen and oxygen atoms in total. The minimum Gasteiger partial charge on any atom is -0.296 e. The number of nitrogens with zero attached hydrogens (tertiary/aromatic N) is 1. The largest absolute Gasteiger partial charge is 0.296 e. The van der Waals surface area contributed by atoms with Crippen LogP contribution in [0.5, 0.6) is 0 Å². The molecule has 0 heterocycles. The highest BCUT2D eigenvalue weighted by Crippen LogP contribution is 2.42. The molecular weight excluding hydrogens is 268 g/mol. The van der Waals surface area contributed by atoms with Crippen LogP contribution in [0.1, 0.15) is 25.7 Å². The third kappa shape index (κ3) is 4.15. The minimum absolute atomic E-state index is 0.202. The summed E-state index contributed by atoms with van der Waals surface area (Å²) in [6, 6.07) is 2.98. The predicted octanol–water partition coefficient (Wildman–Crippen LogP) is 1.19. The maximum absolute atomic E-state index is 11.1. The van der Waals surface area contributed by atoms with Crippen molar-refractivity contribution in [3.63, 3.8) is 0 Å². The zero-order chi connectivity index (χ0) is 13.2. The Morgan fingerprint density at radius 1 is 1.39 bits per heavy atom. The van der Waals surface area contributed by atoms with Crippen LogP contribution < -0.4 is 5.32 Å². The molecule has 2 fully saturated rings. The van der Waals surface area contributed by atoms with Gasteiger partial charge in [0.15, 0.2) is 0 Å². The standard InChI is InChI=1S/C12H20N2O2S2/c1-18(15,16)7-6-17-9-12(8-13,10-2-3-10)14-11-4-5-11/h10-11,14H,2-7,9H2,1H3. The Labute approximate surface area is 113 Å². The average Bonchev–Trinajstić information content (AvgIpc) is 3.13. The van der Waals surface area contributed by atoms with E-state index in [-0.39, 0.29) is 5.75 Å². The van der Waals surface area contributed by atoms with Gasteiger partial charge in [0.25, 0.3) is 0 Å². The smallest absolute Gasteiger partial charge is 0.148 e. The number of thioether (sulfide) groups is 1. The SMILES string of the molecule is CS(=O)(=O)CCSCC(C#N)(NC1CC1)C1CC1. The van der Waals surface area contributed by atoms with E-state index in [0.717, 1.165) is 12.8 Å². The zero-order valence-electron chi connectivity index (χ0n) is 10.7. The summed E-state index contributed by atoms with van der Waals surface area (Å²) in [5, 5.41) is 13.0. The van der Waals surface area contributed by atoms with Crippen molar-refractivity contribution in [3.05, 3.63) is 0 Å². The van der Waals surface area contributed by atoms with E-state index < -0.39 is 15.4 Å². The van der Waals surface area contributed by atoms with Gasteiger partial charge >= 0.3 is 0 Å². The summed E-state index contributed by atoms with van der Waals surface area (Å²) < 4.78 is 22.1. The Morgan fingerprint density at radius 2 is 2.06 bits per heavy atom. The molecule has 0 radical (unpaired) electrons. The van der Waals surface area contributed by atoms with E-state index in [9.17, 15) is 13.7 Å². The van der Waals surface area contributed by atoms with Gasteiger partial charge in [0.05, 0.1) is 11.8 Å². The summed E-state index contributed by atoms with van der Waals surface area (Å²) >= 11 is 1.59. The zero-order valence-corrected chi connectivity index (χ0v) is 12.3. The van der Waals surface area contributed by atoms with Gasteiger partial charge < -0.3 is 0 Å². The van der Waals surface area contributed by atoms with E-state index in [1.807, 2.05) is 0 Å². The van der Waals surface area contributed by atoms with Gasteiger partial charge in [-0.3, -0.25) is 5.32 Å². The van der Waals surface area contributed by atoms with Gasteiger partial charge in [-0.15, -0.1) is 0 Å². The van der Waals surface area contributed by atoms with Gasteiger partial charge in [0.2, 0.25) is 0 Å². The van der Waals surface area contributed by atoms with Crippen molar-refractivity contribution in [2.45, 2.75) is 37.3 Å². The Kier molecular flexibility index (Phi) is 4.25. The van der Waals surface area contributed by atoms with Crippen LogP contribution in [0.3, 0.4) is 0 Å². The molecular formula is C12H20N2O2S2. The molecule has 0 aromatic heterocycles. The van der Waals surface area contributed by atoms with Crippen molar-refractivity contribution in [3.8, 4) is 6.07 Å². The maximum Gasteiger partial charge on any atom is 0.148 e. The lowest BCUT2D eigenvalue weighted by molar-refractivity contribution is 0.401. The number of hydrogen-bond acceptors (Lipinski definition) is 5. The second-order valence-electron chi connectivity index (χ2n) is 5.46. The van der Waals surface area contributed by atoms with Crippen molar-refractivity contribution in [1.29, 1.82) is 5.26 Å². The van der Waals surface area contributed by atoms with E-state index >= 15 is 0 Å². The lowest BCUT2D eigenvalue weighted by Gasteiger charge is -2.27. The van der Waals surface area contributed by atoms with Crippen molar-refractivity contribution in [1.82, 2.24) is 5.32 Å². The fourth-order valence-electron chi connectivity index (χ4n) is 2.04. The molecule has 2 aliphatic carbocycles. The van der Waals surface area contributed by atoms with Crippen LogP contribution in [0.25, 0.3) is 0 Å². The van der Waals surface area contributed by atoms with Gasteiger partial charge in [-0.1, -0.05) is 0 Å². The first kappa shape index (κ1) is 14.2. The van der Waals surface area contributed by atoms with E-state index in [0.29, 0.717) is 23.5 Å². The molecule has 2 saturated carbocycles. The van der Waals surface area contributed by atoms with E-state index in [1.54, 1.807) is 11.8 Å². The van der Waals surface area contributed by atoms with Crippen molar-refractivity contribution >= 4 is 21.6 Å². The van der Waals surface area contributed by atoms with Gasteiger partial charge in [-0.2, -0.15) is 17.0 Å². The van der Waals surface area contributed by atoms with Crippen molar-refractivity contribution in [2.24, 2.45) is 5.92 Å². The number of hydrogen-bond donors (Lipinski definition) is 1. The molecule has 0 aromatic carbocycles. The molecule has 2 aliphatic rings. The highest BCUT2D eigenvalue weighted by molar-refractivity contribution is 8.00. The Hall–Kier alpha value is -0.250. The van der Waals surface area contributed by atoms with Crippen LogP contribution in [0, 0.1) is 17.2 Å². The summed E-state index contributed by atoms with van der Waals surface area (Å²) in [5.74, 6) is 1.96. The second-order valence-corrected chi connectivity index (χ2v) is 8.82. The molecule has 0 bridgehead atoms. The third-order valence-corrected chi connectivity index (χ3v) is 5.80. The molecule has 1 N–H and O–H groups in total. The van der Waals surface area contributed by atoms with Crippen molar-refractivity contribution < 1.29 is 8.42 Å². The number of nitriles is 1. The predicted molar refractivity (Wildman–Crippen MR) is 74.3 cm³/mol. The van der Waals surface area contributed by atoms with Crippen molar-refractivity contribution in [2.75, 3.05) is 23.5 Å². The molecule has 1 atom stereocenters. The summed E-state index contributed by atoms with van der Waals surface area (Å²) in [6.07, 6.45) is 5.85.